The number of amides is 1. The van der Waals surface area contributed by atoms with E-state index in [1.807, 2.05) is 11.8 Å². The number of rotatable bonds is 5. The maximum atomic E-state index is 13.5. The molecule has 0 aliphatic carbocycles. The fourth-order valence-corrected chi connectivity index (χ4v) is 3.75. The van der Waals surface area contributed by atoms with Gasteiger partial charge in [0.15, 0.2) is 0 Å². The van der Waals surface area contributed by atoms with Crippen LogP contribution in [0.2, 0.25) is 5.02 Å². The van der Waals surface area contributed by atoms with Gasteiger partial charge in [0, 0.05) is 24.7 Å². The van der Waals surface area contributed by atoms with Crippen molar-refractivity contribution in [3.05, 3.63) is 53.6 Å². The summed E-state index contributed by atoms with van der Waals surface area (Å²) in [4.78, 5) is 25.2. The van der Waals surface area contributed by atoms with E-state index in [0.29, 0.717) is 34.5 Å². The Hall–Kier alpha value is -3.20. The highest BCUT2D eigenvalue weighted by molar-refractivity contribution is 6.30. The highest BCUT2D eigenvalue weighted by atomic mass is 35.5. The number of nitrogens with zero attached hydrogens (tertiary/aromatic N) is 6. The second-order valence-electron chi connectivity index (χ2n) is 7.06. The summed E-state index contributed by atoms with van der Waals surface area (Å²) in [6.07, 6.45) is 8.02. The van der Waals surface area contributed by atoms with Gasteiger partial charge < -0.3 is 15.0 Å². The number of carbonyl (C=O) groups is 1. The first-order valence-electron chi connectivity index (χ1n) is 9.66. The highest BCUT2D eigenvalue weighted by Crippen LogP contribution is 2.26. The zero-order valence-electron chi connectivity index (χ0n) is 16.7. The van der Waals surface area contributed by atoms with E-state index >= 15 is 0 Å². The predicted molar refractivity (Wildman–Crippen MR) is 112 cm³/mol. The van der Waals surface area contributed by atoms with Crippen molar-refractivity contribution in [2.24, 2.45) is 0 Å². The first kappa shape index (κ1) is 20.1. The van der Waals surface area contributed by atoms with Gasteiger partial charge in [-0.1, -0.05) is 11.6 Å². The molecule has 4 rings (SSSR count). The van der Waals surface area contributed by atoms with E-state index in [2.05, 4.69) is 25.5 Å². The second kappa shape index (κ2) is 8.66. The molecule has 30 heavy (non-hydrogen) atoms. The third-order valence-electron chi connectivity index (χ3n) is 5.25. The van der Waals surface area contributed by atoms with Crippen LogP contribution in [0.4, 0.5) is 5.95 Å². The third kappa shape index (κ3) is 4.06. The number of piperidine rings is 1. The van der Waals surface area contributed by atoms with Crippen LogP contribution in [0.1, 0.15) is 30.1 Å². The molecule has 1 aliphatic heterocycles. The number of likely N-dealkylation sites (tertiary alicyclic amines) is 1. The van der Waals surface area contributed by atoms with Gasteiger partial charge in [0.05, 0.1) is 42.5 Å². The normalized spacial score (nSPS) is 18.8. The van der Waals surface area contributed by atoms with E-state index in [1.54, 1.807) is 50.1 Å². The molecule has 3 heterocycles. The fourth-order valence-electron chi connectivity index (χ4n) is 3.66. The number of nitrogens with one attached hydrogen (secondary N) is 1. The number of halogens is 1. The zero-order chi connectivity index (χ0) is 21.1. The minimum absolute atomic E-state index is 0.0217. The smallest absolute Gasteiger partial charge is 0.256 e. The molecule has 0 bridgehead atoms. The summed E-state index contributed by atoms with van der Waals surface area (Å²) in [5.74, 6) is 1.04. The average Bonchev–Trinajstić information content (AvgIpc) is 3.31. The summed E-state index contributed by atoms with van der Waals surface area (Å²) >= 11 is 5.87. The van der Waals surface area contributed by atoms with Gasteiger partial charge in [-0.2, -0.15) is 15.0 Å². The molecule has 1 fully saturated rings. The monoisotopic (exact) mass is 427 g/mol. The number of aromatic nitrogens is 5. The standard InChI is InChI=1S/C20H22ClN7O2/c1-13-17(26-20-22-11-14(21)12-23-20)4-3-9-27(13)19(29)16-6-5-15(30-2)10-18(16)28-24-7-8-25-28/h5-8,10-13,17H,3-4,9H2,1-2H3,(H,22,23,26). The van der Waals surface area contributed by atoms with Crippen LogP contribution in [0.5, 0.6) is 5.75 Å². The quantitative estimate of drug-likeness (QED) is 0.668. The summed E-state index contributed by atoms with van der Waals surface area (Å²) in [6, 6.07) is 5.25. The number of hydrogen-bond donors (Lipinski definition) is 1. The average molecular weight is 428 g/mol. The van der Waals surface area contributed by atoms with Crippen molar-refractivity contribution >= 4 is 23.5 Å². The van der Waals surface area contributed by atoms with Crippen molar-refractivity contribution in [3.63, 3.8) is 0 Å². The van der Waals surface area contributed by atoms with Crippen LogP contribution in [0.25, 0.3) is 5.69 Å². The molecule has 10 heteroatoms. The summed E-state index contributed by atoms with van der Waals surface area (Å²) in [5.41, 5.74) is 1.09. The number of hydrogen-bond acceptors (Lipinski definition) is 7. The Morgan fingerprint density at radius 3 is 2.67 bits per heavy atom. The summed E-state index contributed by atoms with van der Waals surface area (Å²) in [7, 11) is 1.58. The van der Waals surface area contributed by atoms with Crippen LogP contribution in [-0.4, -0.2) is 61.5 Å². The van der Waals surface area contributed by atoms with Crippen molar-refractivity contribution < 1.29 is 9.53 Å². The highest BCUT2D eigenvalue weighted by Gasteiger charge is 2.33. The van der Waals surface area contributed by atoms with Gasteiger partial charge in [-0.3, -0.25) is 4.79 Å². The lowest BCUT2D eigenvalue weighted by Crippen LogP contribution is -2.52. The Kier molecular flexibility index (Phi) is 5.80. The molecule has 0 radical (unpaired) electrons. The van der Waals surface area contributed by atoms with Gasteiger partial charge in [0.2, 0.25) is 5.95 Å². The third-order valence-corrected chi connectivity index (χ3v) is 5.45. The van der Waals surface area contributed by atoms with E-state index < -0.39 is 0 Å². The van der Waals surface area contributed by atoms with Crippen molar-refractivity contribution in [1.82, 2.24) is 29.9 Å². The SMILES string of the molecule is COc1ccc(C(=O)N2CCCC(Nc3ncc(Cl)cn3)C2C)c(-n2nccn2)c1. The minimum Gasteiger partial charge on any atom is -0.497 e. The van der Waals surface area contributed by atoms with Crippen molar-refractivity contribution in [2.45, 2.75) is 31.8 Å². The molecule has 0 saturated carbocycles. The molecule has 9 nitrogen and oxygen atoms in total. The van der Waals surface area contributed by atoms with Crippen LogP contribution in [0, 0.1) is 0 Å². The summed E-state index contributed by atoms with van der Waals surface area (Å²) < 4.78 is 5.32. The fraction of sp³-hybridized carbons (Fsp3) is 0.350. The Balaban J connectivity index is 1.59. The molecule has 3 aromatic rings. The zero-order valence-corrected chi connectivity index (χ0v) is 17.5. The van der Waals surface area contributed by atoms with Gasteiger partial charge in [0.1, 0.15) is 11.4 Å². The Labute approximate surface area is 179 Å². The largest absolute Gasteiger partial charge is 0.497 e. The van der Waals surface area contributed by atoms with Gasteiger partial charge in [0.25, 0.3) is 5.91 Å². The number of methoxy groups -OCH3 is 1. The van der Waals surface area contributed by atoms with Gasteiger partial charge in [-0.25, -0.2) is 9.97 Å². The lowest BCUT2D eigenvalue weighted by atomic mass is 9.96. The summed E-state index contributed by atoms with van der Waals surface area (Å²) in [5, 5.41) is 12.2. The van der Waals surface area contributed by atoms with E-state index in [0.717, 1.165) is 12.8 Å². The van der Waals surface area contributed by atoms with Gasteiger partial charge in [-0.15, -0.1) is 0 Å². The molecule has 1 aliphatic rings. The molecule has 1 aromatic carbocycles. The minimum atomic E-state index is -0.0824. The van der Waals surface area contributed by atoms with Crippen molar-refractivity contribution in [1.29, 1.82) is 0 Å². The lowest BCUT2D eigenvalue weighted by molar-refractivity contribution is 0.0616. The second-order valence-corrected chi connectivity index (χ2v) is 7.50. The van der Waals surface area contributed by atoms with Crippen molar-refractivity contribution in [2.75, 3.05) is 19.0 Å². The van der Waals surface area contributed by atoms with Crippen LogP contribution in [0.3, 0.4) is 0 Å². The molecule has 156 valence electrons. The molecular weight excluding hydrogens is 406 g/mol. The van der Waals surface area contributed by atoms with Gasteiger partial charge in [-0.05, 0) is 31.9 Å². The summed E-state index contributed by atoms with van der Waals surface area (Å²) in [6.45, 7) is 2.69. The van der Waals surface area contributed by atoms with E-state index in [4.69, 9.17) is 16.3 Å². The molecule has 1 amide bonds. The predicted octanol–water partition coefficient (Wildman–Crippen LogP) is 2.82. The first-order valence-corrected chi connectivity index (χ1v) is 10.0. The molecule has 2 aromatic heterocycles. The lowest BCUT2D eigenvalue weighted by Gasteiger charge is -2.40. The number of carbonyl (C=O) groups excluding carboxylic acids is 1. The van der Waals surface area contributed by atoms with Crippen LogP contribution in [-0.2, 0) is 0 Å². The van der Waals surface area contributed by atoms with Gasteiger partial charge >= 0.3 is 0 Å². The number of benzene rings is 1. The molecule has 2 atom stereocenters. The Morgan fingerprint density at radius 2 is 1.97 bits per heavy atom. The van der Waals surface area contributed by atoms with E-state index in [-0.39, 0.29) is 18.0 Å². The Bertz CT molecular complexity index is 1010. The Morgan fingerprint density at radius 1 is 1.23 bits per heavy atom. The molecule has 2 unspecified atom stereocenters. The first-order chi connectivity index (χ1) is 14.6. The maximum absolute atomic E-state index is 13.5. The molecular formula is C20H22ClN7O2. The number of ether oxygens (including phenoxy) is 1. The topological polar surface area (TPSA) is 98.1 Å². The molecule has 1 N–H and O–H groups in total. The van der Waals surface area contributed by atoms with E-state index in [9.17, 15) is 4.79 Å². The van der Waals surface area contributed by atoms with Crippen molar-refractivity contribution in [3.8, 4) is 11.4 Å². The number of anilines is 1. The van der Waals surface area contributed by atoms with E-state index in [1.165, 1.54) is 4.80 Å². The van der Waals surface area contributed by atoms with Crippen LogP contribution >= 0.6 is 11.6 Å². The maximum Gasteiger partial charge on any atom is 0.256 e. The molecule has 1 saturated heterocycles. The molecule has 0 spiro atoms. The van der Waals surface area contributed by atoms with Crippen LogP contribution < -0.4 is 10.1 Å². The van der Waals surface area contributed by atoms with Crippen LogP contribution in [0.15, 0.2) is 43.0 Å².